The van der Waals surface area contributed by atoms with Crippen LogP contribution in [0.5, 0.6) is 0 Å². The molecule has 0 amide bonds. The Morgan fingerprint density at radius 1 is 1.17 bits per heavy atom. The van der Waals surface area contributed by atoms with Crippen LogP contribution >= 0.6 is 0 Å². The van der Waals surface area contributed by atoms with Crippen molar-refractivity contribution in [2.75, 3.05) is 6.54 Å². The number of aliphatic carboxylic acids is 2. The molecule has 1 rings (SSSR count). The number of hydrogen-bond acceptors (Lipinski definition) is 5. The van der Waals surface area contributed by atoms with Crippen LogP contribution in [0.3, 0.4) is 0 Å². The summed E-state index contributed by atoms with van der Waals surface area (Å²) in [6, 6.07) is 2.59. The first-order valence-corrected chi connectivity index (χ1v) is 7.30. The van der Waals surface area contributed by atoms with Crippen LogP contribution in [0.25, 0.3) is 0 Å². The van der Waals surface area contributed by atoms with Gasteiger partial charge in [-0.1, -0.05) is 0 Å². The van der Waals surface area contributed by atoms with E-state index in [1.54, 1.807) is 0 Å². The summed E-state index contributed by atoms with van der Waals surface area (Å²) in [4.78, 5) is 19.3. The highest BCUT2D eigenvalue weighted by atomic mass is 32.2. The number of carbonyl (C=O) groups is 2. The average molecular weight is 376 g/mol. The van der Waals surface area contributed by atoms with Crippen LogP contribution in [0.15, 0.2) is 29.2 Å². The zero-order valence-electron chi connectivity index (χ0n) is 11.6. The molecule has 0 radical (unpaired) electrons. The number of nitrogens with one attached hydrogen (secondary N) is 1. The first kappa shape index (κ1) is 21.8. The molecule has 0 aliphatic heterocycles. The lowest BCUT2D eigenvalue weighted by Crippen LogP contribution is -2.45. The Morgan fingerprint density at radius 3 is 1.88 bits per heavy atom. The third-order valence-corrected chi connectivity index (χ3v) is 3.69. The fraction of sp³-hybridized carbons (Fsp3) is 0.273. The van der Waals surface area contributed by atoms with Gasteiger partial charge < -0.3 is 15.9 Å². The minimum absolute atomic E-state index is 0.224. The summed E-state index contributed by atoms with van der Waals surface area (Å²) in [5.41, 5.74) is 5.12. The van der Waals surface area contributed by atoms with Gasteiger partial charge in [0.2, 0.25) is 10.0 Å². The molecule has 0 unspecified atom stereocenters. The van der Waals surface area contributed by atoms with Gasteiger partial charge in [-0.3, -0.25) is 4.79 Å². The van der Waals surface area contributed by atoms with Crippen molar-refractivity contribution in [2.24, 2.45) is 5.73 Å². The lowest BCUT2D eigenvalue weighted by molar-refractivity contribution is -0.192. The van der Waals surface area contributed by atoms with Crippen LogP contribution in [0.2, 0.25) is 0 Å². The zero-order chi connectivity index (χ0) is 19.1. The molecular weight excluding hydrogens is 364 g/mol. The molecule has 8 nitrogen and oxygen atoms in total. The van der Waals surface area contributed by atoms with Crippen molar-refractivity contribution in [3.63, 3.8) is 0 Å². The Balaban J connectivity index is 0.000000640. The number of benzene rings is 1. The van der Waals surface area contributed by atoms with Crippen molar-refractivity contribution in [1.29, 1.82) is 0 Å². The van der Waals surface area contributed by atoms with Crippen molar-refractivity contribution in [1.82, 2.24) is 4.72 Å². The lowest BCUT2D eigenvalue weighted by Gasteiger charge is -2.12. The van der Waals surface area contributed by atoms with Crippen molar-refractivity contribution in [2.45, 2.75) is 17.1 Å². The molecule has 0 aliphatic carbocycles. The van der Waals surface area contributed by atoms with E-state index in [1.165, 1.54) is 0 Å². The number of rotatable bonds is 5. The van der Waals surface area contributed by atoms with E-state index >= 15 is 0 Å². The van der Waals surface area contributed by atoms with Gasteiger partial charge in [-0.2, -0.15) is 17.9 Å². The highest BCUT2D eigenvalue weighted by Crippen LogP contribution is 2.13. The topological polar surface area (TPSA) is 147 Å². The van der Waals surface area contributed by atoms with Gasteiger partial charge in [-0.25, -0.2) is 17.6 Å². The second kappa shape index (κ2) is 8.56. The molecule has 13 heteroatoms. The van der Waals surface area contributed by atoms with E-state index < -0.39 is 40.0 Å². The molecule has 24 heavy (non-hydrogen) atoms. The molecule has 1 atom stereocenters. The standard InChI is InChI=1S/C9H11FN2O4S.C2HF3O2/c10-6-1-3-7(4-2-6)17(15,16)12-8(5-11)9(13)14;3-2(4,5)1(6)7/h1-4,8,12H,5,11H2,(H,13,14);(H,6,7)/t8-;/m0./s1. The number of halogens is 4. The van der Waals surface area contributed by atoms with Gasteiger partial charge in [-0.05, 0) is 24.3 Å². The number of nitrogens with two attached hydrogens (primary N) is 1. The molecule has 136 valence electrons. The van der Waals surface area contributed by atoms with Crippen molar-refractivity contribution < 1.29 is 45.8 Å². The third-order valence-electron chi connectivity index (χ3n) is 2.20. The Kier molecular flexibility index (Phi) is 7.76. The maximum Gasteiger partial charge on any atom is 0.490 e. The summed E-state index contributed by atoms with van der Waals surface area (Å²) >= 11 is 0. The van der Waals surface area contributed by atoms with Crippen LogP contribution in [-0.4, -0.2) is 49.3 Å². The molecule has 0 fully saturated rings. The monoisotopic (exact) mass is 376 g/mol. The predicted octanol–water partition coefficient (Wildman–Crippen LogP) is 0.149. The largest absolute Gasteiger partial charge is 0.490 e. The highest BCUT2D eigenvalue weighted by molar-refractivity contribution is 7.89. The average Bonchev–Trinajstić information content (AvgIpc) is 2.44. The van der Waals surface area contributed by atoms with Gasteiger partial charge in [0, 0.05) is 6.54 Å². The van der Waals surface area contributed by atoms with E-state index in [4.69, 9.17) is 20.7 Å². The summed E-state index contributed by atoms with van der Waals surface area (Å²) in [5, 5.41) is 15.8. The first-order chi connectivity index (χ1) is 10.8. The lowest BCUT2D eigenvalue weighted by atomic mass is 10.3. The van der Waals surface area contributed by atoms with E-state index in [-0.39, 0.29) is 11.4 Å². The second-order valence-corrected chi connectivity index (χ2v) is 5.72. The SMILES string of the molecule is NC[C@H](NS(=O)(=O)c1ccc(F)cc1)C(=O)O.O=C(O)C(F)(F)F. The van der Waals surface area contributed by atoms with Crippen LogP contribution in [-0.2, 0) is 19.6 Å². The number of hydrogen-bond donors (Lipinski definition) is 4. The minimum atomic E-state index is -5.08. The molecular formula is C11H12F4N2O6S. The van der Waals surface area contributed by atoms with Gasteiger partial charge in [0.1, 0.15) is 11.9 Å². The fourth-order valence-electron chi connectivity index (χ4n) is 1.07. The number of carboxylic acid groups (broad SMARTS) is 2. The number of carboxylic acids is 2. The van der Waals surface area contributed by atoms with Gasteiger partial charge in [0.05, 0.1) is 4.90 Å². The van der Waals surface area contributed by atoms with Crippen LogP contribution < -0.4 is 10.5 Å². The Morgan fingerprint density at radius 2 is 1.58 bits per heavy atom. The van der Waals surface area contributed by atoms with Crippen LogP contribution in [0.1, 0.15) is 0 Å². The molecule has 0 spiro atoms. The zero-order valence-corrected chi connectivity index (χ0v) is 12.4. The maximum absolute atomic E-state index is 12.6. The fourth-order valence-corrected chi connectivity index (χ4v) is 2.27. The molecule has 0 heterocycles. The van der Waals surface area contributed by atoms with Gasteiger partial charge in [-0.15, -0.1) is 0 Å². The Hall–Kier alpha value is -2.25. The summed E-state index contributed by atoms with van der Waals surface area (Å²) in [6.45, 7) is -0.379. The third kappa shape index (κ3) is 7.34. The summed E-state index contributed by atoms with van der Waals surface area (Å²) in [6.07, 6.45) is -5.08. The molecule has 0 saturated carbocycles. The Bertz CT molecular complexity index is 675. The van der Waals surface area contributed by atoms with Crippen molar-refractivity contribution >= 4 is 22.0 Å². The van der Waals surface area contributed by atoms with E-state index in [0.29, 0.717) is 0 Å². The predicted molar refractivity (Wildman–Crippen MR) is 70.9 cm³/mol. The summed E-state index contributed by atoms with van der Waals surface area (Å²) in [5.74, 6) is -4.72. The van der Waals surface area contributed by atoms with Gasteiger partial charge in [0.15, 0.2) is 0 Å². The second-order valence-electron chi connectivity index (χ2n) is 4.00. The van der Waals surface area contributed by atoms with E-state index in [1.807, 2.05) is 4.72 Å². The van der Waals surface area contributed by atoms with Crippen molar-refractivity contribution in [3.05, 3.63) is 30.1 Å². The Labute approximate surface area is 132 Å². The molecule has 1 aromatic carbocycles. The minimum Gasteiger partial charge on any atom is -0.480 e. The van der Waals surface area contributed by atoms with E-state index in [9.17, 15) is 30.8 Å². The molecule has 5 N–H and O–H groups in total. The van der Waals surface area contributed by atoms with Gasteiger partial charge in [0.25, 0.3) is 0 Å². The van der Waals surface area contributed by atoms with Crippen molar-refractivity contribution in [3.8, 4) is 0 Å². The molecule has 1 aromatic rings. The molecule has 0 saturated heterocycles. The quantitative estimate of drug-likeness (QED) is 0.535. The van der Waals surface area contributed by atoms with E-state index in [0.717, 1.165) is 24.3 Å². The van der Waals surface area contributed by atoms with Crippen LogP contribution in [0.4, 0.5) is 17.6 Å². The molecule has 0 aromatic heterocycles. The maximum atomic E-state index is 12.6. The molecule has 0 bridgehead atoms. The summed E-state index contributed by atoms with van der Waals surface area (Å²) < 4.78 is 69.6. The summed E-state index contributed by atoms with van der Waals surface area (Å²) in [7, 11) is -4.01. The normalized spacial score (nSPS) is 12.7. The highest BCUT2D eigenvalue weighted by Gasteiger charge is 2.38. The first-order valence-electron chi connectivity index (χ1n) is 5.82. The smallest absolute Gasteiger partial charge is 0.480 e. The molecule has 0 aliphatic rings. The van der Waals surface area contributed by atoms with E-state index in [2.05, 4.69) is 0 Å². The number of sulfonamides is 1. The number of alkyl halides is 3. The van der Waals surface area contributed by atoms with Gasteiger partial charge >= 0.3 is 18.1 Å². The van der Waals surface area contributed by atoms with Crippen LogP contribution in [0, 0.1) is 5.82 Å².